The minimum absolute atomic E-state index is 0.178. The molecular formula is C18H22N4O. The highest BCUT2D eigenvalue weighted by molar-refractivity contribution is 5.86. The lowest BCUT2D eigenvalue weighted by molar-refractivity contribution is 0.415. The van der Waals surface area contributed by atoms with Crippen LogP contribution in [-0.4, -0.2) is 28.4 Å². The molecule has 5 nitrogen and oxygen atoms in total. The summed E-state index contributed by atoms with van der Waals surface area (Å²) in [4.78, 5) is 3.62. The second kappa shape index (κ2) is 5.42. The fourth-order valence-electron chi connectivity index (χ4n) is 3.58. The summed E-state index contributed by atoms with van der Waals surface area (Å²) in [5.41, 5.74) is 6.18. The Hall–Kier alpha value is -2.27. The first-order valence-electron chi connectivity index (χ1n) is 8.17. The third-order valence-corrected chi connectivity index (χ3v) is 4.78. The van der Waals surface area contributed by atoms with Gasteiger partial charge in [0.1, 0.15) is 5.75 Å². The molecule has 2 N–H and O–H groups in total. The Labute approximate surface area is 135 Å². The molecular weight excluding hydrogens is 288 g/mol. The van der Waals surface area contributed by atoms with Crippen LogP contribution in [0.3, 0.4) is 0 Å². The monoisotopic (exact) mass is 310 g/mol. The third-order valence-electron chi connectivity index (χ3n) is 4.78. The lowest BCUT2D eigenvalue weighted by Gasteiger charge is -2.24. The van der Waals surface area contributed by atoms with Gasteiger partial charge in [-0.2, -0.15) is 5.10 Å². The van der Waals surface area contributed by atoms with Gasteiger partial charge in [-0.15, -0.1) is 0 Å². The molecule has 3 heterocycles. The van der Waals surface area contributed by atoms with Crippen LogP contribution in [0.1, 0.15) is 35.5 Å². The molecule has 1 atom stereocenters. The van der Waals surface area contributed by atoms with Crippen LogP contribution in [0, 0.1) is 6.92 Å². The van der Waals surface area contributed by atoms with Crippen molar-refractivity contribution in [1.29, 1.82) is 0 Å². The number of aromatic nitrogens is 3. The van der Waals surface area contributed by atoms with Crippen molar-refractivity contribution in [2.75, 3.05) is 13.7 Å². The number of nitrogens with one attached hydrogen (secondary N) is 2. The van der Waals surface area contributed by atoms with E-state index >= 15 is 0 Å². The first kappa shape index (κ1) is 14.3. The zero-order valence-electron chi connectivity index (χ0n) is 13.8. The third kappa shape index (κ3) is 2.23. The number of fused-ring (bicyclic) bond motifs is 3. The highest BCUT2D eigenvalue weighted by atomic mass is 16.5. The summed E-state index contributed by atoms with van der Waals surface area (Å²) in [7, 11) is 1.72. The van der Waals surface area contributed by atoms with Gasteiger partial charge in [-0.1, -0.05) is 0 Å². The van der Waals surface area contributed by atoms with Crippen LogP contribution >= 0.6 is 0 Å². The maximum atomic E-state index is 5.39. The van der Waals surface area contributed by atoms with Gasteiger partial charge in [-0.3, -0.25) is 4.68 Å². The van der Waals surface area contributed by atoms with E-state index in [1.807, 2.05) is 10.7 Å². The van der Waals surface area contributed by atoms with Crippen LogP contribution in [0.15, 0.2) is 24.4 Å². The Bertz CT molecular complexity index is 861. The van der Waals surface area contributed by atoms with E-state index in [0.717, 1.165) is 31.0 Å². The molecule has 0 radical (unpaired) electrons. The molecule has 0 saturated carbocycles. The van der Waals surface area contributed by atoms with Crippen molar-refractivity contribution in [3.63, 3.8) is 0 Å². The van der Waals surface area contributed by atoms with Crippen molar-refractivity contribution >= 4 is 10.9 Å². The van der Waals surface area contributed by atoms with Gasteiger partial charge in [0.25, 0.3) is 0 Å². The molecule has 0 saturated heterocycles. The van der Waals surface area contributed by atoms with Gasteiger partial charge >= 0.3 is 0 Å². The van der Waals surface area contributed by atoms with E-state index in [0.29, 0.717) is 0 Å². The molecule has 1 aliphatic heterocycles. The zero-order chi connectivity index (χ0) is 16.0. The fourth-order valence-corrected chi connectivity index (χ4v) is 3.58. The SMILES string of the molecule is CCn1cc([C@@H]2NCCc3c2[nH]c2ccc(OC)cc32)c(C)n1. The molecule has 5 heteroatoms. The summed E-state index contributed by atoms with van der Waals surface area (Å²) in [5.74, 6) is 0.907. The van der Waals surface area contributed by atoms with E-state index in [1.54, 1.807) is 7.11 Å². The number of ether oxygens (including phenoxy) is 1. The molecule has 0 spiro atoms. The Morgan fingerprint density at radius 2 is 2.26 bits per heavy atom. The van der Waals surface area contributed by atoms with Gasteiger partial charge in [0.2, 0.25) is 0 Å². The van der Waals surface area contributed by atoms with Gasteiger partial charge in [0, 0.05) is 41.4 Å². The molecule has 0 fully saturated rings. The number of nitrogens with zero attached hydrogens (tertiary/aromatic N) is 2. The average Bonchev–Trinajstić information content (AvgIpc) is 3.14. The van der Waals surface area contributed by atoms with Crippen molar-refractivity contribution in [2.45, 2.75) is 32.9 Å². The highest BCUT2D eigenvalue weighted by Gasteiger charge is 2.27. The van der Waals surface area contributed by atoms with E-state index in [2.05, 4.69) is 47.6 Å². The molecule has 0 amide bonds. The molecule has 120 valence electrons. The molecule has 1 aliphatic rings. The largest absolute Gasteiger partial charge is 0.497 e. The molecule has 0 bridgehead atoms. The Balaban J connectivity index is 1.86. The second-order valence-corrected chi connectivity index (χ2v) is 6.09. The minimum Gasteiger partial charge on any atom is -0.497 e. The number of rotatable bonds is 3. The number of hydrogen-bond acceptors (Lipinski definition) is 3. The molecule has 2 aromatic heterocycles. The first-order valence-corrected chi connectivity index (χ1v) is 8.17. The summed E-state index contributed by atoms with van der Waals surface area (Å²) in [6, 6.07) is 6.42. The summed E-state index contributed by atoms with van der Waals surface area (Å²) in [5, 5.41) is 9.51. The molecule has 0 unspecified atom stereocenters. The Morgan fingerprint density at radius 1 is 1.39 bits per heavy atom. The predicted octanol–water partition coefficient (Wildman–Crippen LogP) is 2.94. The predicted molar refractivity (Wildman–Crippen MR) is 91.0 cm³/mol. The van der Waals surface area contributed by atoms with Crippen LogP contribution in [0.4, 0.5) is 0 Å². The van der Waals surface area contributed by atoms with E-state index < -0.39 is 0 Å². The quantitative estimate of drug-likeness (QED) is 0.782. The first-order chi connectivity index (χ1) is 11.2. The van der Waals surface area contributed by atoms with Crippen molar-refractivity contribution in [3.8, 4) is 5.75 Å². The summed E-state index contributed by atoms with van der Waals surface area (Å²) >= 11 is 0. The van der Waals surface area contributed by atoms with Crippen LogP contribution in [0.2, 0.25) is 0 Å². The number of hydrogen-bond donors (Lipinski definition) is 2. The Kier molecular flexibility index (Phi) is 3.38. The van der Waals surface area contributed by atoms with Crippen LogP contribution < -0.4 is 10.1 Å². The summed E-state index contributed by atoms with van der Waals surface area (Å²) < 4.78 is 7.39. The normalized spacial score (nSPS) is 17.4. The minimum atomic E-state index is 0.178. The van der Waals surface area contributed by atoms with Crippen LogP contribution in [0.25, 0.3) is 10.9 Å². The maximum Gasteiger partial charge on any atom is 0.119 e. The highest BCUT2D eigenvalue weighted by Crippen LogP contribution is 2.35. The number of methoxy groups -OCH3 is 1. The van der Waals surface area contributed by atoms with Gasteiger partial charge in [-0.25, -0.2) is 0 Å². The van der Waals surface area contributed by atoms with Crippen molar-refractivity contribution in [3.05, 3.63) is 46.9 Å². The lowest BCUT2D eigenvalue weighted by atomic mass is 9.95. The van der Waals surface area contributed by atoms with E-state index in [1.165, 1.54) is 27.7 Å². The average molecular weight is 310 g/mol. The number of aromatic amines is 1. The zero-order valence-corrected chi connectivity index (χ0v) is 13.8. The smallest absolute Gasteiger partial charge is 0.119 e. The van der Waals surface area contributed by atoms with Crippen molar-refractivity contribution < 1.29 is 4.74 Å². The van der Waals surface area contributed by atoms with Crippen molar-refractivity contribution in [2.24, 2.45) is 0 Å². The molecule has 1 aromatic carbocycles. The molecule has 4 rings (SSSR count). The van der Waals surface area contributed by atoms with Crippen molar-refractivity contribution in [1.82, 2.24) is 20.1 Å². The van der Waals surface area contributed by atoms with Crippen LogP contribution in [-0.2, 0) is 13.0 Å². The standard InChI is InChI=1S/C18H22N4O/c1-4-22-10-15(11(2)21-22)17-18-13(7-8-19-17)14-9-12(23-3)5-6-16(14)20-18/h5-6,9-10,17,19-20H,4,7-8H2,1-3H3/t17-/m0/s1. The number of benzene rings is 1. The summed E-state index contributed by atoms with van der Waals surface area (Å²) in [6.07, 6.45) is 3.19. The van der Waals surface area contributed by atoms with E-state index in [-0.39, 0.29) is 6.04 Å². The van der Waals surface area contributed by atoms with Gasteiger partial charge in [0.15, 0.2) is 0 Å². The molecule has 0 aliphatic carbocycles. The molecule has 3 aromatic rings. The topological polar surface area (TPSA) is 54.9 Å². The molecule has 23 heavy (non-hydrogen) atoms. The second-order valence-electron chi connectivity index (χ2n) is 6.09. The van der Waals surface area contributed by atoms with Gasteiger partial charge in [0.05, 0.1) is 18.8 Å². The fraction of sp³-hybridized carbons (Fsp3) is 0.389. The Morgan fingerprint density at radius 3 is 3.00 bits per heavy atom. The van der Waals surface area contributed by atoms with E-state index in [4.69, 9.17) is 4.74 Å². The van der Waals surface area contributed by atoms with Gasteiger partial charge in [-0.05, 0) is 44.0 Å². The van der Waals surface area contributed by atoms with Crippen LogP contribution in [0.5, 0.6) is 5.75 Å². The maximum absolute atomic E-state index is 5.39. The van der Waals surface area contributed by atoms with E-state index in [9.17, 15) is 0 Å². The van der Waals surface area contributed by atoms with Gasteiger partial charge < -0.3 is 15.0 Å². The number of H-pyrrole nitrogens is 1. The number of aryl methyl sites for hydroxylation is 2. The lowest BCUT2D eigenvalue weighted by Crippen LogP contribution is -2.30. The summed E-state index contributed by atoms with van der Waals surface area (Å²) in [6.45, 7) is 6.07.